The number of furan rings is 1. The highest BCUT2D eigenvalue weighted by Gasteiger charge is 2.37. The molecule has 0 N–H and O–H groups in total. The first-order valence-electron chi connectivity index (χ1n) is 9.82. The molecule has 1 atom stereocenters. The van der Waals surface area contributed by atoms with Crippen LogP contribution >= 0.6 is 0 Å². The van der Waals surface area contributed by atoms with Crippen molar-refractivity contribution in [1.29, 1.82) is 0 Å². The molecule has 0 saturated carbocycles. The van der Waals surface area contributed by atoms with E-state index < -0.39 is 18.0 Å². The lowest BCUT2D eigenvalue weighted by atomic mass is 9.93. The van der Waals surface area contributed by atoms with Crippen molar-refractivity contribution >= 4 is 17.8 Å². The predicted octanol–water partition coefficient (Wildman–Crippen LogP) is 3.38. The number of amides is 1. The summed E-state index contributed by atoms with van der Waals surface area (Å²) in [6.45, 7) is 0.324. The fraction of sp³-hybridized carbons (Fsp3) is 0.208. The predicted molar refractivity (Wildman–Crippen MR) is 110 cm³/mol. The second-order valence-corrected chi connectivity index (χ2v) is 7.20. The normalized spacial score (nSPS) is 15.1. The second kappa shape index (κ2) is 8.87. The summed E-state index contributed by atoms with van der Waals surface area (Å²) in [7, 11) is 1.32. The lowest BCUT2D eigenvalue weighted by molar-refractivity contribution is -0.151. The molecule has 31 heavy (non-hydrogen) atoms. The van der Waals surface area contributed by atoms with Crippen LogP contribution in [0.1, 0.15) is 37.6 Å². The van der Waals surface area contributed by atoms with Crippen molar-refractivity contribution in [2.24, 2.45) is 0 Å². The van der Waals surface area contributed by atoms with E-state index in [1.54, 1.807) is 36.4 Å². The molecule has 0 radical (unpaired) electrons. The summed E-state index contributed by atoms with van der Waals surface area (Å²) in [6.07, 6.45) is 1.79. The minimum Gasteiger partial charge on any atom is -0.465 e. The zero-order valence-electron chi connectivity index (χ0n) is 16.9. The second-order valence-electron chi connectivity index (χ2n) is 7.20. The molecule has 4 rings (SSSR count). The van der Waals surface area contributed by atoms with Gasteiger partial charge >= 0.3 is 11.9 Å². The van der Waals surface area contributed by atoms with Gasteiger partial charge in [-0.2, -0.15) is 0 Å². The molecule has 2 aromatic carbocycles. The average molecular weight is 419 g/mol. The molecule has 7 nitrogen and oxygen atoms in total. The van der Waals surface area contributed by atoms with E-state index in [4.69, 9.17) is 9.15 Å². The van der Waals surface area contributed by atoms with E-state index in [1.807, 2.05) is 24.3 Å². The number of nitrogens with zero attached hydrogens (tertiary/aromatic N) is 1. The fourth-order valence-electron chi connectivity index (χ4n) is 3.59. The van der Waals surface area contributed by atoms with E-state index in [9.17, 15) is 14.4 Å². The Morgan fingerprint density at radius 3 is 2.42 bits per heavy atom. The molecule has 3 aromatic rings. The van der Waals surface area contributed by atoms with Crippen molar-refractivity contribution in [3.8, 4) is 0 Å². The first kappa shape index (κ1) is 20.4. The minimum atomic E-state index is -0.762. The summed E-state index contributed by atoms with van der Waals surface area (Å²) in [4.78, 5) is 39.0. The minimum absolute atomic E-state index is 0.0290. The molecule has 0 aliphatic carbocycles. The monoisotopic (exact) mass is 419 g/mol. The summed E-state index contributed by atoms with van der Waals surface area (Å²) in [5, 5.41) is 0. The zero-order chi connectivity index (χ0) is 21.8. The van der Waals surface area contributed by atoms with E-state index in [0.29, 0.717) is 18.5 Å². The van der Waals surface area contributed by atoms with Crippen LogP contribution in [0, 0.1) is 0 Å². The van der Waals surface area contributed by atoms with Crippen molar-refractivity contribution in [3.63, 3.8) is 0 Å². The highest BCUT2D eigenvalue weighted by molar-refractivity contribution is 5.95. The number of carbonyl (C=O) groups excluding carboxylic acids is 3. The number of hydrogen-bond acceptors (Lipinski definition) is 6. The van der Waals surface area contributed by atoms with Gasteiger partial charge in [0.1, 0.15) is 12.6 Å². The van der Waals surface area contributed by atoms with Crippen LogP contribution < -0.4 is 0 Å². The van der Waals surface area contributed by atoms with Crippen LogP contribution in [0.4, 0.5) is 0 Å². The van der Waals surface area contributed by atoms with Gasteiger partial charge in [0.15, 0.2) is 5.76 Å². The van der Waals surface area contributed by atoms with Crippen molar-refractivity contribution in [2.75, 3.05) is 7.11 Å². The van der Waals surface area contributed by atoms with Crippen LogP contribution in [-0.2, 0) is 33.8 Å². The van der Waals surface area contributed by atoms with Gasteiger partial charge in [-0.05, 0) is 41.0 Å². The zero-order valence-corrected chi connectivity index (χ0v) is 16.9. The number of hydrogen-bond donors (Lipinski definition) is 0. The van der Waals surface area contributed by atoms with Crippen LogP contribution in [0.3, 0.4) is 0 Å². The third kappa shape index (κ3) is 4.35. The first-order chi connectivity index (χ1) is 15.1. The van der Waals surface area contributed by atoms with Gasteiger partial charge in [0.05, 0.1) is 18.9 Å². The topological polar surface area (TPSA) is 86.0 Å². The van der Waals surface area contributed by atoms with Gasteiger partial charge in [-0.3, -0.25) is 4.79 Å². The van der Waals surface area contributed by atoms with Crippen LogP contribution in [0.2, 0.25) is 0 Å². The first-order valence-corrected chi connectivity index (χ1v) is 9.82. The molecular weight excluding hydrogens is 398 g/mol. The molecule has 0 spiro atoms. The number of rotatable bonds is 5. The smallest absolute Gasteiger partial charge is 0.337 e. The lowest BCUT2D eigenvalue weighted by Gasteiger charge is -2.34. The lowest BCUT2D eigenvalue weighted by Crippen LogP contribution is -2.49. The maximum atomic E-state index is 13.0. The molecule has 0 bridgehead atoms. The number of ether oxygens (including phenoxy) is 2. The Balaban J connectivity index is 1.50. The molecule has 0 unspecified atom stereocenters. The molecule has 1 aliphatic heterocycles. The summed E-state index contributed by atoms with van der Waals surface area (Å²) in [5.74, 6) is -1.11. The Kier molecular flexibility index (Phi) is 5.84. The van der Waals surface area contributed by atoms with Crippen molar-refractivity contribution in [1.82, 2.24) is 4.90 Å². The van der Waals surface area contributed by atoms with Crippen molar-refractivity contribution < 1.29 is 28.3 Å². The highest BCUT2D eigenvalue weighted by atomic mass is 16.5. The summed E-state index contributed by atoms with van der Waals surface area (Å²) >= 11 is 0. The highest BCUT2D eigenvalue weighted by Crippen LogP contribution is 2.26. The van der Waals surface area contributed by atoms with Gasteiger partial charge in [0.2, 0.25) is 0 Å². The summed E-state index contributed by atoms with van der Waals surface area (Å²) in [5.41, 5.74) is 3.14. The Morgan fingerprint density at radius 1 is 1.00 bits per heavy atom. The van der Waals surface area contributed by atoms with Gasteiger partial charge in [-0.15, -0.1) is 0 Å². The van der Waals surface area contributed by atoms with Gasteiger partial charge in [-0.25, -0.2) is 9.59 Å². The maximum absolute atomic E-state index is 13.0. The summed E-state index contributed by atoms with van der Waals surface area (Å²) < 4.78 is 15.5. The third-order valence-electron chi connectivity index (χ3n) is 5.27. The molecular formula is C24H21NO6. The number of benzene rings is 2. The van der Waals surface area contributed by atoms with Crippen molar-refractivity contribution in [2.45, 2.75) is 25.6 Å². The Bertz CT molecular complexity index is 1090. The van der Waals surface area contributed by atoms with Crippen molar-refractivity contribution in [3.05, 3.63) is 94.9 Å². The van der Waals surface area contributed by atoms with E-state index in [-0.39, 0.29) is 18.3 Å². The fourth-order valence-corrected chi connectivity index (χ4v) is 3.59. The van der Waals surface area contributed by atoms with Gasteiger partial charge in [-0.1, -0.05) is 36.4 Å². The molecule has 7 heteroatoms. The molecule has 1 amide bonds. The Morgan fingerprint density at radius 2 is 1.74 bits per heavy atom. The van der Waals surface area contributed by atoms with Crippen LogP contribution in [0.15, 0.2) is 71.3 Å². The van der Waals surface area contributed by atoms with E-state index in [0.717, 1.165) is 16.7 Å². The standard InChI is InChI=1S/C24H21NO6/c1-29-23(27)17-10-8-16(9-11-17)15-31-24(28)20-13-18-5-2-3-6-19(18)14-25(20)22(26)21-7-4-12-30-21/h2-12,20H,13-15H2,1H3/t20-/m0/s1. The number of esters is 2. The van der Waals surface area contributed by atoms with Crippen LogP contribution in [0.5, 0.6) is 0 Å². The molecule has 0 saturated heterocycles. The quantitative estimate of drug-likeness (QED) is 0.590. The van der Waals surface area contributed by atoms with Crippen LogP contribution in [0.25, 0.3) is 0 Å². The molecule has 1 aliphatic rings. The molecule has 1 aromatic heterocycles. The number of methoxy groups -OCH3 is 1. The van der Waals surface area contributed by atoms with Gasteiger partial charge < -0.3 is 18.8 Å². The van der Waals surface area contributed by atoms with E-state index >= 15 is 0 Å². The largest absolute Gasteiger partial charge is 0.465 e. The number of carbonyl (C=O) groups is 3. The van der Waals surface area contributed by atoms with Gasteiger partial charge in [0.25, 0.3) is 5.91 Å². The molecule has 158 valence electrons. The third-order valence-corrected chi connectivity index (χ3v) is 5.27. The average Bonchev–Trinajstić information content (AvgIpc) is 3.36. The maximum Gasteiger partial charge on any atom is 0.337 e. The Hall–Kier alpha value is -3.87. The SMILES string of the molecule is COC(=O)c1ccc(COC(=O)[C@@H]2Cc3ccccc3CN2C(=O)c2ccco2)cc1. The van der Waals surface area contributed by atoms with E-state index in [2.05, 4.69) is 4.74 Å². The van der Waals surface area contributed by atoms with Gasteiger partial charge in [0, 0.05) is 13.0 Å². The van der Waals surface area contributed by atoms with Crippen LogP contribution in [-0.4, -0.2) is 35.9 Å². The van der Waals surface area contributed by atoms with E-state index in [1.165, 1.54) is 18.3 Å². The molecule has 0 fully saturated rings. The number of fused-ring (bicyclic) bond motifs is 1. The molecule has 2 heterocycles. The summed E-state index contributed by atoms with van der Waals surface area (Å²) in [6, 6.07) is 16.8. The Labute approximate surface area is 179 Å².